The molecule has 2 rings (SSSR count). The highest BCUT2D eigenvalue weighted by Gasteiger charge is 2.30. The summed E-state index contributed by atoms with van der Waals surface area (Å²) in [7, 11) is 0.839. The molecule has 0 bridgehead atoms. The second-order valence-electron chi connectivity index (χ2n) is 6.00. The maximum atomic E-state index is 14.0. The number of rotatable bonds is 5. The largest absolute Gasteiger partial charge is 0.491 e. The Morgan fingerprint density at radius 3 is 2.07 bits per heavy atom. The Labute approximate surface area is 164 Å². The summed E-state index contributed by atoms with van der Waals surface area (Å²) in [5.41, 5.74) is 0.189. The monoisotopic (exact) mass is 414 g/mol. The fourth-order valence-corrected chi connectivity index (χ4v) is 2.66. The topological polar surface area (TPSA) is 50.4 Å². The van der Waals surface area contributed by atoms with Gasteiger partial charge in [-0.25, -0.2) is 8.78 Å². The maximum absolute atomic E-state index is 14.0. The predicted octanol–water partition coefficient (Wildman–Crippen LogP) is 4.89. The maximum Gasteiger partial charge on any atom is 0.263 e. The van der Waals surface area contributed by atoms with E-state index in [-0.39, 0.29) is 5.11 Å². The van der Waals surface area contributed by atoms with E-state index in [1.165, 1.54) is 0 Å². The van der Waals surface area contributed by atoms with Gasteiger partial charge in [-0.15, -0.1) is 0 Å². The number of hydrogen-bond acceptors (Lipinski definition) is 3. The van der Waals surface area contributed by atoms with Crippen LogP contribution in [0.5, 0.6) is 5.75 Å². The molecule has 0 fully saturated rings. The summed E-state index contributed by atoms with van der Waals surface area (Å²) in [5.74, 6) is -9.72. The molecule has 2 aromatic rings. The van der Waals surface area contributed by atoms with Crippen molar-refractivity contribution in [2.45, 2.75) is 26.2 Å². The van der Waals surface area contributed by atoms with Crippen molar-refractivity contribution < 1.29 is 27.1 Å². The summed E-state index contributed by atoms with van der Waals surface area (Å²) in [5, 5.41) is 4.36. The van der Waals surface area contributed by atoms with E-state index < -0.39 is 40.5 Å². The minimum absolute atomic E-state index is 0.295. The van der Waals surface area contributed by atoms with E-state index in [0.717, 1.165) is 19.1 Å². The van der Waals surface area contributed by atoms with Gasteiger partial charge in [-0.3, -0.25) is 10.1 Å². The highest BCUT2D eigenvalue weighted by Crippen LogP contribution is 2.29. The molecule has 0 aliphatic heterocycles. The molecule has 2 aromatic carbocycles. The van der Waals surface area contributed by atoms with E-state index in [4.69, 9.17) is 12.2 Å². The molecule has 2 N–H and O–H groups in total. The Bertz CT molecular complexity index is 875. The third kappa shape index (κ3) is 4.41. The van der Waals surface area contributed by atoms with Crippen molar-refractivity contribution in [3.05, 3.63) is 58.7 Å². The number of anilines is 1. The molecule has 1 amide bonds. The first kappa shape index (κ1) is 21.6. The van der Waals surface area contributed by atoms with Crippen molar-refractivity contribution in [2.24, 2.45) is 0 Å². The zero-order valence-corrected chi connectivity index (χ0v) is 16.1. The van der Waals surface area contributed by atoms with E-state index >= 15 is 0 Å². The summed E-state index contributed by atoms with van der Waals surface area (Å²) >= 11 is 4.92. The van der Waals surface area contributed by atoms with E-state index in [2.05, 4.69) is 23.9 Å². The quantitative estimate of drug-likeness (QED) is 0.416. The SMILES string of the molecule is CCC(C)c1ccc(NC(=S)NC(=O)c2c(F)c(F)c(OC)c(F)c2F)cc1. The lowest BCUT2D eigenvalue weighted by Gasteiger charge is -2.14. The number of carbonyl (C=O) groups is 1. The molecular weight excluding hydrogens is 396 g/mol. The molecule has 0 heterocycles. The van der Waals surface area contributed by atoms with Gasteiger partial charge in [0, 0.05) is 5.69 Å². The molecule has 0 aliphatic carbocycles. The number of carbonyl (C=O) groups excluding carboxylic acids is 1. The van der Waals surface area contributed by atoms with Crippen molar-refractivity contribution in [1.29, 1.82) is 0 Å². The molecule has 150 valence electrons. The van der Waals surface area contributed by atoms with Crippen LogP contribution in [0.15, 0.2) is 24.3 Å². The first-order valence-electron chi connectivity index (χ1n) is 8.33. The summed E-state index contributed by atoms with van der Waals surface area (Å²) in [6.45, 7) is 4.13. The van der Waals surface area contributed by atoms with E-state index in [0.29, 0.717) is 11.6 Å². The van der Waals surface area contributed by atoms with Gasteiger partial charge < -0.3 is 10.1 Å². The van der Waals surface area contributed by atoms with Crippen LogP contribution in [0.4, 0.5) is 23.2 Å². The van der Waals surface area contributed by atoms with Crippen LogP contribution in [0.2, 0.25) is 0 Å². The third-order valence-corrected chi connectivity index (χ3v) is 4.44. The van der Waals surface area contributed by atoms with Crippen molar-refractivity contribution >= 4 is 28.9 Å². The summed E-state index contributed by atoms with van der Waals surface area (Å²) in [6, 6.07) is 7.17. The Kier molecular flexibility index (Phi) is 6.95. The highest BCUT2D eigenvalue weighted by molar-refractivity contribution is 7.80. The van der Waals surface area contributed by atoms with E-state index in [1.54, 1.807) is 12.1 Å². The summed E-state index contributed by atoms with van der Waals surface area (Å²) in [6.07, 6.45) is 0.966. The highest BCUT2D eigenvalue weighted by atomic mass is 32.1. The van der Waals surface area contributed by atoms with Crippen LogP contribution in [0.1, 0.15) is 42.1 Å². The molecule has 4 nitrogen and oxygen atoms in total. The Morgan fingerprint density at radius 2 is 1.61 bits per heavy atom. The van der Waals surface area contributed by atoms with Crippen LogP contribution in [0.25, 0.3) is 0 Å². The summed E-state index contributed by atoms with van der Waals surface area (Å²) < 4.78 is 59.7. The minimum Gasteiger partial charge on any atom is -0.491 e. The van der Waals surface area contributed by atoms with Gasteiger partial charge >= 0.3 is 0 Å². The molecule has 1 unspecified atom stereocenters. The van der Waals surface area contributed by atoms with Gasteiger partial charge in [0.25, 0.3) is 5.91 Å². The van der Waals surface area contributed by atoms with Gasteiger partial charge in [0.2, 0.25) is 11.6 Å². The zero-order chi connectivity index (χ0) is 21.0. The number of nitrogens with one attached hydrogen (secondary N) is 2. The number of hydrogen-bond donors (Lipinski definition) is 2. The first-order chi connectivity index (χ1) is 13.2. The minimum atomic E-state index is -1.88. The Hall–Kier alpha value is -2.68. The van der Waals surface area contributed by atoms with Crippen LogP contribution in [0.3, 0.4) is 0 Å². The van der Waals surface area contributed by atoms with Crippen LogP contribution in [-0.4, -0.2) is 18.1 Å². The lowest BCUT2D eigenvalue weighted by molar-refractivity contribution is 0.0966. The molecule has 0 aromatic heterocycles. The molecule has 28 heavy (non-hydrogen) atoms. The number of halogens is 4. The fourth-order valence-electron chi connectivity index (χ4n) is 2.45. The van der Waals surface area contributed by atoms with Crippen molar-refractivity contribution in [2.75, 3.05) is 12.4 Å². The average molecular weight is 414 g/mol. The average Bonchev–Trinajstić information content (AvgIpc) is 2.67. The van der Waals surface area contributed by atoms with E-state index in [9.17, 15) is 22.4 Å². The molecule has 0 saturated heterocycles. The first-order valence-corrected chi connectivity index (χ1v) is 8.74. The third-order valence-electron chi connectivity index (χ3n) is 4.23. The van der Waals surface area contributed by atoms with Crippen LogP contribution >= 0.6 is 12.2 Å². The van der Waals surface area contributed by atoms with Crippen molar-refractivity contribution in [3.63, 3.8) is 0 Å². The van der Waals surface area contributed by atoms with Crippen molar-refractivity contribution in [3.8, 4) is 5.75 Å². The molecule has 9 heteroatoms. The second kappa shape index (κ2) is 9.01. The Morgan fingerprint density at radius 1 is 1.07 bits per heavy atom. The second-order valence-corrected chi connectivity index (χ2v) is 6.41. The summed E-state index contributed by atoms with van der Waals surface area (Å²) in [4.78, 5) is 12.1. The van der Waals surface area contributed by atoms with Gasteiger partial charge in [-0.1, -0.05) is 26.0 Å². The lowest BCUT2D eigenvalue weighted by atomic mass is 9.99. The van der Waals surface area contributed by atoms with Crippen LogP contribution < -0.4 is 15.4 Å². The normalized spacial score (nSPS) is 11.7. The van der Waals surface area contributed by atoms with Gasteiger partial charge in [-0.2, -0.15) is 8.78 Å². The Balaban J connectivity index is 2.16. The van der Waals surface area contributed by atoms with Gasteiger partial charge in [0.1, 0.15) is 5.56 Å². The van der Waals surface area contributed by atoms with Crippen LogP contribution in [0, 0.1) is 23.3 Å². The number of thiocarbonyl (C=S) groups is 1. The molecule has 0 saturated carbocycles. The predicted molar refractivity (Wildman–Crippen MR) is 102 cm³/mol. The molecule has 0 spiro atoms. The smallest absolute Gasteiger partial charge is 0.263 e. The van der Waals surface area contributed by atoms with Gasteiger partial charge in [0.15, 0.2) is 22.5 Å². The number of amides is 1. The standard InChI is InChI=1S/C19H18F4N2O2S/c1-4-9(2)10-5-7-11(8-6-10)24-19(28)25-18(26)12-13(20)15(22)17(27-3)16(23)14(12)21/h5-9H,4H2,1-3H3,(H2,24,25,26,28). The molecule has 1 atom stereocenters. The van der Waals surface area contributed by atoms with E-state index in [1.807, 2.05) is 17.4 Å². The zero-order valence-electron chi connectivity index (χ0n) is 15.3. The lowest BCUT2D eigenvalue weighted by Crippen LogP contribution is -2.35. The van der Waals surface area contributed by atoms with Gasteiger partial charge in [-0.05, 0) is 42.3 Å². The number of ether oxygens (including phenoxy) is 1. The van der Waals surface area contributed by atoms with Crippen LogP contribution in [-0.2, 0) is 0 Å². The van der Waals surface area contributed by atoms with Crippen molar-refractivity contribution in [1.82, 2.24) is 5.32 Å². The van der Waals surface area contributed by atoms with Gasteiger partial charge in [0.05, 0.1) is 7.11 Å². The molecule has 0 aliphatic rings. The molecule has 0 radical (unpaired) electrons. The number of benzene rings is 2. The molecular formula is C19H18F4N2O2S. The fraction of sp³-hybridized carbons (Fsp3) is 0.263. The number of methoxy groups -OCH3 is 1.